The van der Waals surface area contributed by atoms with Gasteiger partial charge in [-0.05, 0) is 6.92 Å². The summed E-state index contributed by atoms with van der Waals surface area (Å²) >= 11 is 2.49. The molecular formula is C11H18N2O4S2. The third kappa shape index (κ3) is 4.61. The van der Waals surface area contributed by atoms with Crippen molar-refractivity contribution in [3.63, 3.8) is 0 Å². The molecule has 19 heavy (non-hydrogen) atoms. The Hall–Kier alpha value is -0.890. The summed E-state index contributed by atoms with van der Waals surface area (Å²) in [6, 6.07) is -0.741. The van der Waals surface area contributed by atoms with Crippen LogP contribution < -0.4 is 5.32 Å². The highest BCUT2D eigenvalue weighted by atomic mass is 32.2. The molecule has 0 bridgehead atoms. The van der Waals surface area contributed by atoms with Crippen molar-refractivity contribution in [1.82, 2.24) is 10.2 Å². The molecule has 1 unspecified atom stereocenters. The van der Waals surface area contributed by atoms with Gasteiger partial charge in [0, 0.05) is 24.0 Å². The summed E-state index contributed by atoms with van der Waals surface area (Å²) < 4.78 is 0. The topological polar surface area (TPSA) is 86.7 Å². The Bertz CT molecular complexity index is 365. The number of hydrogen-bond acceptors (Lipinski definition) is 5. The van der Waals surface area contributed by atoms with Gasteiger partial charge in [0.05, 0.1) is 5.88 Å². The van der Waals surface area contributed by atoms with E-state index in [1.165, 1.54) is 16.7 Å². The first-order chi connectivity index (χ1) is 8.97. The molecule has 6 nitrogen and oxygen atoms in total. The second-order valence-electron chi connectivity index (χ2n) is 4.19. The minimum atomic E-state index is -0.970. The van der Waals surface area contributed by atoms with Gasteiger partial charge >= 0.3 is 5.97 Å². The van der Waals surface area contributed by atoms with Crippen molar-refractivity contribution in [1.29, 1.82) is 0 Å². The maximum absolute atomic E-state index is 12.1. The Balaban J connectivity index is 2.47. The van der Waals surface area contributed by atoms with Crippen LogP contribution in [0.15, 0.2) is 0 Å². The van der Waals surface area contributed by atoms with Crippen molar-refractivity contribution in [3.05, 3.63) is 0 Å². The zero-order chi connectivity index (χ0) is 14.4. The second-order valence-corrected chi connectivity index (χ2v) is 6.18. The lowest BCUT2D eigenvalue weighted by Crippen LogP contribution is -2.44. The number of carboxylic acid groups (broad SMARTS) is 1. The average molecular weight is 306 g/mol. The van der Waals surface area contributed by atoms with Gasteiger partial charge in [-0.15, -0.1) is 11.8 Å². The van der Waals surface area contributed by atoms with Crippen LogP contribution in [0.5, 0.6) is 0 Å². The Morgan fingerprint density at radius 1 is 1.53 bits per heavy atom. The molecule has 0 aromatic heterocycles. The number of carboxylic acids is 1. The molecular weight excluding hydrogens is 288 g/mol. The third-order valence-electron chi connectivity index (χ3n) is 2.66. The van der Waals surface area contributed by atoms with Crippen LogP contribution in [0.2, 0.25) is 0 Å². The van der Waals surface area contributed by atoms with Crippen LogP contribution in [0.25, 0.3) is 0 Å². The van der Waals surface area contributed by atoms with E-state index in [4.69, 9.17) is 5.11 Å². The number of rotatable bonds is 5. The molecule has 8 heteroatoms. The molecule has 1 aliphatic heterocycles. The quantitative estimate of drug-likeness (QED) is 0.790. The number of carbonyl (C=O) groups excluding carboxylic acids is 2. The Morgan fingerprint density at radius 3 is 2.79 bits per heavy atom. The molecule has 2 atom stereocenters. The first-order valence-corrected chi connectivity index (χ1v) is 8.13. The van der Waals surface area contributed by atoms with Crippen molar-refractivity contribution in [2.45, 2.75) is 19.9 Å². The van der Waals surface area contributed by atoms with E-state index in [9.17, 15) is 14.4 Å². The summed E-state index contributed by atoms with van der Waals surface area (Å²) in [4.78, 5) is 35.8. The molecule has 0 aromatic rings. The van der Waals surface area contributed by atoms with Gasteiger partial charge in [0.1, 0.15) is 6.04 Å². The largest absolute Gasteiger partial charge is 0.480 e. The van der Waals surface area contributed by atoms with Gasteiger partial charge in [0.2, 0.25) is 5.91 Å². The fraction of sp³-hybridized carbons (Fsp3) is 0.727. The summed E-state index contributed by atoms with van der Waals surface area (Å²) in [5.41, 5.74) is 0. The van der Waals surface area contributed by atoms with Crippen molar-refractivity contribution < 1.29 is 19.5 Å². The monoisotopic (exact) mass is 306 g/mol. The standard InChI is InChI=1S/C11H18N2O4S2/c1-3-12-11(17)19-4-7(2)9(14)13-6-18-5-8(13)10(15)16/h7-8H,3-6H2,1-2H3,(H,12,17)(H,15,16)/t7?,8-/m0/s1. The first kappa shape index (κ1) is 16.2. The highest BCUT2D eigenvalue weighted by Gasteiger charge is 2.36. The molecule has 0 spiro atoms. The van der Waals surface area contributed by atoms with E-state index in [1.807, 2.05) is 6.92 Å². The molecule has 0 aromatic carbocycles. The number of aliphatic carboxylic acids is 1. The highest BCUT2D eigenvalue weighted by Crippen LogP contribution is 2.24. The first-order valence-electron chi connectivity index (χ1n) is 5.99. The van der Waals surface area contributed by atoms with Crippen LogP contribution in [-0.2, 0) is 9.59 Å². The van der Waals surface area contributed by atoms with E-state index in [0.29, 0.717) is 23.9 Å². The lowest BCUT2D eigenvalue weighted by Gasteiger charge is -2.23. The van der Waals surface area contributed by atoms with Crippen molar-refractivity contribution in [2.75, 3.05) is 23.9 Å². The van der Waals surface area contributed by atoms with E-state index in [0.717, 1.165) is 11.8 Å². The number of thioether (sulfide) groups is 2. The molecule has 0 saturated carbocycles. The van der Waals surface area contributed by atoms with Crippen LogP contribution in [0.4, 0.5) is 4.79 Å². The Morgan fingerprint density at radius 2 is 2.21 bits per heavy atom. The van der Waals surface area contributed by atoms with Gasteiger partial charge in [-0.1, -0.05) is 18.7 Å². The smallest absolute Gasteiger partial charge is 0.327 e. The molecule has 1 fully saturated rings. The summed E-state index contributed by atoms with van der Waals surface area (Å²) in [6.07, 6.45) is 0. The van der Waals surface area contributed by atoms with Crippen LogP contribution in [0, 0.1) is 5.92 Å². The Labute approximate surface area is 120 Å². The van der Waals surface area contributed by atoms with Crippen molar-refractivity contribution >= 4 is 40.6 Å². The van der Waals surface area contributed by atoms with Crippen LogP contribution in [0.1, 0.15) is 13.8 Å². The second kappa shape index (κ2) is 7.64. The Kier molecular flexibility index (Phi) is 6.50. The summed E-state index contributed by atoms with van der Waals surface area (Å²) in [6.45, 7) is 4.10. The predicted octanol–water partition coefficient (Wildman–Crippen LogP) is 1.07. The average Bonchev–Trinajstić information content (AvgIpc) is 2.84. The molecule has 0 aliphatic carbocycles. The summed E-state index contributed by atoms with van der Waals surface area (Å²) in [7, 11) is 0. The van der Waals surface area contributed by atoms with Crippen LogP contribution in [-0.4, -0.2) is 57.1 Å². The van der Waals surface area contributed by atoms with Crippen molar-refractivity contribution in [3.8, 4) is 0 Å². The number of nitrogens with zero attached hydrogens (tertiary/aromatic N) is 1. The van der Waals surface area contributed by atoms with E-state index >= 15 is 0 Å². The molecule has 1 heterocycles. The predicted molar refractivity (Wildman–Crippen MR) is 76.3 cm³/mol. The van der Waals surface area contributed by atoms with E-state index in [2.05, 4.69) is 5.32 Å². The SMILES string of the molecule is CCNC(=O)SCC(C)C(=O)N1CSC[C@H]1C(=O)O. The molecule has 2 N–H and O–H groups in total. The highest BCUT2D eigenvalue weighted by molar-refractivity contribution is 8.13. The molecule has 2 amide bonds. The molecule has 108 valence electrons. The number of amides is 2. The van der Waals surface area contributed by atoms with Gasteiger partial charge in [-0.3, -0.25) is 9.59 Å². The van der Waals surface area contributed by atoms with Crippen molar-refractivity contribution in [2.24, 2.45) is 5.92 Å². The van der Waals surface area contributed by atoms with E-state index in [1.54, 1.807) is 6.92 Å². The molecule has 0 radical (unpaired) electrons. The number of carbonyl (C=O) groups is 3. The molecule has 1 rings (SSSR count). The van der Waals surface area contributed by atoms with Crippen LogP contribution in [0.3, 0.4) is 0 Å². The summed E-state index contributed by atoms with van der Waals surface area (Å²) in [5.74, 6) is -0.342. The fourth-order valence-electron chi connectivity index (χ4n) is 1.61. The van der Waals surface area contributed by atoms with Gasteiger partial charge in [-0.2, -0.15) is 0 Å². The fourth-order valence-corrected chi connectivity index (χ4v) is 3.56. The summed E-state index contributed by atoms with van der Waals surface area (Å²) in [5, 5.41) is 11.5. The van der Waals surface area contributed by atoms with E-state index < -0.39 is 12.0 Å². The third-order valence-corrected chi connectivity index (χ3v) is 4.74. The maximum atomic E-state index is 12.1. The minimum absolute atomic E-state index is 0.160. The normalized spacial score (nSPS) is 20.1. The number of hydrogen-bond donors (Lipinski definition) is 2. The zero-order valence-corrected chi connectivity index (χ0v) is 12.6. The van der Waals surface area contributed by atoms with E-state index in [-0.39, 0.29) is 17.1 Å². The molecule has 1 saturated heterocycles. The minimum Gasteiger partial charge on any atom is -0.480 e. The zero-order valence-electron chi connectivity index (χ0n) is 10.9. The van der Waals surface area contributed by atoms with Crippen LogP contribution >= 0.6 is 23.5 Å². The van der Waals surface area contributed by atoms with Gasteiger partial charge in [0.25, 0.3) is 5.24 Å². The number of nitrogens with one attached hydrogen (secondary N) is 1. The van der Waals surface area contributed by atoms with Gasteiger partial charge in [0.15, 0.2) is 0 Å². The maximum Gasteiger partial charge on any atom is 0.327 e. The van der Waals surface area contributed by atoms with Gasteiger partial charge in [-0.25, -0.2) is 4.79 Å². The van der Waals surface area contributed by atoms with Gasteiger partial charge < -0.3 is 15.3 Å². The molecule has 1 aliphatic rings. The lowest BCUT2D eigenvalue weighted by atomic mass is 10.1. The lowest BCUT2D eigenvalue weighted by molar-refractivity contribution is -0.148.